The fraction of sp³-hybridized carbons (Fsp3) is 0.0385. The number of thiocarbonyl (C=S) groups is 1. The number of anilines is 1. The Hall–Kier alpha value is -3.23. The maximum Gasteiger partial charge on any atom is 0.293 e. The molecule has 174 valence electrons. The lowest BCUT2D eigenvalue weighted by atomic mass is 10.1. The van der Waals surface area contributed by atoms with Gasteiger partial charge in [-0.15, -0.1) is 11.3 Å². The van der Waals surface area contributed by atoms with Crippen molar-refractivity contribution in [3.05, 3.63) is 94.2 Å². The Bertz CT molecular complexity index is 1560. The first-order chi connectivity index (χ1) is 16.9. The van der Waals surface area contributed by atoms with Gasteiger partial charge in [-0.05, 0) is 85.4 Å². The molecule has 3 aromatic carbocycles. The summed E-state index contributed by atoms with van der Waals surface area (Å²) in [5.74, 6) is 0.0570. The molecule has 0 saturated heterocycles. The van der Waals surface area contributed by atoms with Crippen molar-refractivity contribution in [1.29, 1.82) is 0 Å². The minimum Gasteiger partial charge on any atom is -0.451 e. The first-order valence-electron chi connectivity index (χ1n) is 10.5. The zero-order chi connectivity index (χ0) is 24.5. The number of hydrogen-bond donors (Lipinski definition) is 2. The van der Waals surface area contributed by atoms with Crippen LogP contribution in [0.2, 0.25) is 10.0 Å². The van der Waals surface area contributed by atoms with Crippen LogP contribution in [-0.4, -0.2) is 16.0 Å². The van der Waals surface area contributed by atoms with E-state index in [1.807, 2.05) is 43.3 Å². The predicted octanol–water partition coefficient (Wildman–Crippen LogP) is 7.97. The van der Waals surface area contributed by atoms with Crippen LogP contribution in [0.5, 0.6) is 0 Å². The maximum atomic E-state index is 12.7. The summed E-state index contributed by atoms with van der Waals surface area (Å²) in [6, 6.07) is 22.2. The molecule has 0 atom stereocenters. The number of fused-ring (bicyclic) bond motifs is 1. The number of amides is 1. The highest BCUT2D eigenvalue weighted by Gasteiger charge is 2.16. The van der Waals surface area contributed by atoms with Crippen LogP contribution in [0, 0.1) is 6.92 Å². The third kappa shape index (κ3) is 5.09. The van der Waals surface area contributed by atoms with Crippen LogP contribution in [0.15, 0.2) is 77.2 Å². The number of aryl methyl sites for hydroxylation is 1. The molecule has 1 amide bonds. The molecule has 0 unspecified atom stereocenters. The number of para-hydroxylation sites is 1. The van der Waals surface area contributed by atoms with Gasteiger partial charge in [0, 0.05) is 21.8 Å². The summed E-state index contributed by atoms with van der Waals surface area (Å²) in [6.45, 7) is 1.97. The van der Waals surface area contributed by atoms with E-state index in [-0.39, 0.29) is 10.9 Å². The van der Waals surface area contributed by atoms with Crippen molar-refractivity contribution in [2.24, 2.45) is 0 Å². The molecule has 0 fully saturated rings. The van der Waals surface area contributed by atoms with Crippen LogP contribution >= 0.6 is 46.8 Å². The number of nitrogens with zero attached hydrogens (tertiary/aromatic N) is 1. The van der Waals surface area contributed by atoms with E-state index in [1.165, 1.54) is 0 Å². The number of halogens is 2. The number of rotatable bonds is 4. The molecule has 35 heavy (non-hydrogen) atoms. The van der Waals surface area contributed by atoms with Crippen molar-refractivity contribution in [2.75, 3.05) is 5.32 Å². The van der Waals surface area contributed by atoms with Gasteiger partial charge < -0.3 is 9.73 Å². The molecule has 2 aromatic heterocycles. The number of thiazole rings is 1. The number of furan rings is 1. The molecule has 0 spiro atoms. The lowest BCUT2D eigenvalue weighted by molar-refractivity contribution is 0.0951. The Morgan fingerprint density at radius 1 is 1.03 bits per heavy atom. The minimum absolute atomic E-state index is 0.100. The first-order valence-corrected chi connectivity index (χ1v) is 12.5. The largest absolute Gasteiger partial charge is 0.451 e. The Morgan fingerprint density at radius 3 is 2.66 bits per heavy atom. The monoisotopic (exact) mass is 537 g/mol. The number of benzene rings is 3. The van der Waals surface area contributed by atoms with Crippen molar-refractivity contribution >= 4 is 73.7 Å². The number of hydrogen-bond acceptors (Lipinski definition) is 5. The molecular weight excluding hydrogens is 521 g/mol. The molecule has 2 N–H and O–H groups in total. The van der Waals surface area contributed by atoms with Gasteiger partial charge in [-0.2, -0.15) is 0 Å². The lowest BCUT2D eigenvalue weighted by Gasteiger charge is -2.12. The average molecular weight is 538 g/mol. The summed E-state index contributed by atoms with van der Waals surface area (Å²) in [6.07, 6.45) is 0. The normalized spacial score (nSPS) is 10.9. The summed E-state index contributed by atoms with van der Waals surface area (Å²) in [5, 5.41) is 7.81. The van der Waals surface area contributed by atoms with Crippen molar-refractivity contribution in [2.45, 2.75) is 6.92 Å². The standard InChI is InChI=1S/C26H17Cl2N3O2S2/c1-14-12-15(25-29-20-4-2-3-5-23(20)35-25)6-9-19(14)30-26(34)31-24(32)22-11-10-21(33-22)17-13-16(27)7-8-18(17)28/h2-13H,1H3,(H2,30,31,32,34). The quantitative estimate of drug-likeness (QED) is 0.227. The smallest absolute Gasteiger partial charge is 0.293 e. The summed E-state index contributed by atoms with van der Waals surface area (Å²) < 4.78 is 6.83. The van der Waals surface area contributed by atoms with Crippen LogP contribution in [0.3, 0.4) is 0 Å². The maximum absolute atomic E-state index is 12.7. The molecule has 0 saturated carbocycles. The SMILES string of the molecule is Cc1cc(-c2nc3ccccc3s2)ccc1NC(=S)NC(=O)c1ccc(-c2cc(Cl)ccc2Cl)o1. The van der Waals surface area contributed by atoms with E-state index < -0.39 is 5.91 Å². The van der Waals surface area contributed by atoms with Gasteiger partial charge in [0.15, 0.2) is 10.9 Å². The van der Waals surface area contributed by atoms with Gasteiger partial charge in [-0.1, -0.05) is 35.3 Å². The van der Waals surface area contributed by atoms with Gasteiger partial charge in [-0.3, -0.25) is 10.1 Å². The third-order valence-corrected chi connectivity index (χ3v) is 7.12. The average Bonchev–Trinajstić information content (AvgIpc) is 3.49. The molecule has 0 aliphatic rings. The second-order valence-electron chi connectivity index (χ2n) is 7.71. The van der Waals surface area contributed by atoms with Crippen molar-refractivity contribution in [1.82, 2.24) is 10.3 Å². The summed E-state index contributed by atoms with van der Waals surface area (Å²) in [4.78, 5) is 17.4. The van der Waals surface area contributed by atoms with E-state index in [4.69, 9.17) is 44.8 Å². The van der Waals surface area contributed by atoms with Crippen LogP contribution < -0.4 is 10.6 Å². The van der Waals surface area contributed by atoms with Crippen molar-refractivity contribution < 1.29 is 9.21 Å². The number of carbonyl (C=O) groups excluding carboxylic acids is 1. The predicted molar refractivity (Wildman–Crippen MR) is 148 cm³/mol. The fourth-order valence-corrected chi connectivity index (χ4v) is 5.09. The third-order valence-electron chi connectivity index (χ3n) is 5.27. The summed E-state index contributed by atoms with van der Waals surface area (Å²) in [5.41, 5.74) is 4.35. The van der Waals surface area contributed by atoms with E-state index in [2.05, 4.69) is 16.7 Å². The molecule has 9 heteroatoms. The Kier molecular flexibility index (Phi) is 6.58. The molecule has 0 bridgehead atoms. The first kappa shape index (κ1) is 23.5. The Morgan fingerprint density at radius 2 is 1.86 bits per heavy atom. The van der Waals surface area contributed by atoms with Crippen molar-refractivity contribution in [3.63, 3.8) is 0 Å². The highest BCUT2D eigenvalue weighted by Crippen LogP contribution is 2.33. The molecule has 2 heterocycles. The number of carbonyl (C=O) groups is 1. The van der Waals surface area contributed by atoms with E-state index in [1.54, 1.807) is 41.7 Å². The van der Waals surface area contributed by atoms with Crippen LogP contribution in [0.1, 0.15) is 16.1 Å². The molecule has 5 rings (SSSR count). The van der Waals surface area contributed by atoms with E-state index >= 15 is 0 Å². The van der Waals surface area contributed by atoms with E-state index in [9.17, 15) is 4.79 Å². The fourth-order valence-electron chi connectivity index (χ4n) is 3.54. The van der Waals surface area contributed by atoms with Gasteiger partial charge in [0.2, 0.25) is 0 Å². The van der Waals surface area contributed by atoms with E-state index in [0.29, 0.717) is 21.4 Å². The zero-order valence-corrected chi connectivity index (χ0v) is 21.4. The van der Waals surface area contributed by atoms with Gasteiger partial charge in [0.25, 0.3) is 5.91 Å². The summed E-state index contributed by atoms with van der Waals surface area (Å²) >= 11 is 19.3. The highest BCUT2D eigenvalue weighted by atomic mass is 35.5. The zero-order valence-electron chi connectivity index (χ0n) is 18.3. The van der Waals surface area contributed by atoms with Gasteiger partial charge >= 0.3 is 0 Å². The number of aromatic nitrogens is 1. The molecule has 5 aromatic rings. The molecule has 0 aliphatic carbocycles. The van der Waals surface area contributed by atoms with Crippen molar-refractivity contribution in [3.8, 4) is 21.9 Å². The lowest BCUT2D eigenvalue weighted by Crippen LogP contribution is -2.34. The van der Waals surface area contributed by atoms with Gasteiger partial charge in [0.05, 0.1) is 15.2 Å². The molecule has 5 nitrogen and oxygen atoms in total. The second-order valence-corrected chi connectivity index (χ2v) is 10.00. The molecule has 0 aliphatic heterocycles. The Labute approximate surface area is 220 Å². The van der Waals surface area contributed by atoms with Crippen LogP contribution in [0.4, 0.5) is 5.69 Å². The highest BCUT2D eigenvalue weighted by molar-refractivity contribution is 7.80. The Balaban J connectivity index is 1.27. The summed E-state index contributed by atoms with van der Waals surface area (Å²) in [7, 11) is 0. The van der Waals surface area contributed by atoms with Gasteiger partial charge in [-0.25, -0.2) is 4.98 Å². The van der Waals surface area contributed by atoms with Crippen LogP contribution in [-0.2, 0) is 0 Å². The molecule has 0 radical (unpaired) electrons. The number of nitrogens with one attached hydrogen (secondary N) is 2. The topological polar surface area (TPSA) is 67.2 Å². The second kappa shape index (κ2) is 9.79. The molecular formula is C26H17Cl2N3O2S2. The van der Waals surface area contributed by atoms with E-state index in [0.717, 1.165) is 32.0 Å². The van der Waals surface area contributed by atoms with Crippen LogP contribution in [0.25, 0.3) is 32.1 Å². The minimum atomic E-state index is -0.476. The van der Waals surface area contributed by atoms with Gasteiger partial charge in [0.1, 0.15) is 10.8 Å².